The Labute approximate surface area is 102 Å². The molecule has 0 bridgehead atoms. The molecule has 2 rings (SSSR count). The lowest BCUT2D eigenvalue weighted by atomic mass is 10.3. The second kappa shape index (κ2) is 4.82. The Morgan fingerprint density at radius 2 is 2.28 bits per heavy atom. The van der Waals surface area contributed by atoms with Crippen molar-refractivity contribution in [1.29, 1.82) is 0 Å². The molecule has 0 aliphatic rings. The van der Waals surface area contributed by atoms with E-state index < -0.39 is 5.97 Å². The second-order valence-corrected chi connectivity index (χ2v) is 3.79. The van der Waals surface area contributed by atoms with Gasteiger partial charge >= 0.3 is 5.97 Å². The van der Waals surface area contributed by atoms with Crippen LogP contribution in [-0.2, 0) is 4.79 Å². The third-order valence-electron chi connectivity index (χ3n) is 2.38. The monoisotopic (exact) mass is 248 g/mol. The number of hydrogen-bond acceptors (Lipinski definition) is 4. The van der Waals surface area contributed by atoms with Crippen molar-refractivity contribution in [2.45, 2.75) is 13.3 Å². The normalized spacial score (nSPS) is 10.5. The SMILES string of the molecule is Cc1ccn2ncc(C(=O)NCCC(=O)O)c2n1. The third kappa shape index (κ3) is 2.45. The summed E-state index contributed by atoms with van der Waals surface area (Å²) in [6.45, 7) is 1.90. The number of carbonyl (C=O) groups excluding carboxylic acids is 1. The Kier molecular flexibility index (Phi) is 3.22. The number of nitrogens with zero attached hydrogens (tertiary/aromatic N) is 3. The number of carboxylic acids is 1. The fourth-order valence-electron chi connectivity index (χ4n) is 1.50. The van der Waals surface area contributed by atoms with Gasteiger partial charge in [0, 0.05) is 18.4 Å². The molecule has 18 heavy (non-hydrogen) atoms. The molecule has 2 aromatic heterocycles. The molecule has 0 fully saturated rings. The summed E-state index contributed by atoms with van der Waals surface area (Å²) < 4.78 is 1.50. The van der Waals surface area contributed by atoms with Crippen LogP contribution in [0.2, 0.25) is 0 Å². The standard InChI is InChI=1S/C11H12N4O3/c1-7-3-5-15-10(14-7)8(6-13-15)11(18)12-4-2-9(16)17/h3,5-6H,2,4H2,1H3,(H,12,18)(H,16,17). The van der Waals surface area contributed by atoms with Gasteiger partial charge in [-0.15, -0.1) is 0 Å². The maximum Gasteiger partial charge on any atom is 0.305 e. The van der Waals surface area contributed by atoms with E-state index in [1.54, 1.807) is 12.3 Å². The van der Waals surface area contributed by atoms with Crippen LogP contribution in [0.5, 0.6) is 0 Å². The number of rotatable bonds is 4. The number of carbonyl (C=O) groups is 2. The molecule has 0 unspecified atom stereocenters. The molecule has 2 heterocycles. The molecule has 0 saturated carbocycles. The van der Waals surface area contributed by atoms with Gasteiger partial charge in [0.25, 0.3) is 5.91 Å². The van der Waals surface area contributed by atoms with Gasteiger partial charge in [-0.25, -0.2) is 9.50 Å². The highest BCUT2D eigenvalue weighted by Gasteiger charge is 2.13. The first kappa shape index (κ1) is 12.0. The number of nitrogens with one attached hydrogen (secondary N) is 1. The molecular weight excluding hydrogens is 236 g/mol. The first-order valence-electron chi connectivity index (χ1n) is 5.39. The van der Waals surface area contributed by atoms with E-state index in [-0.39, 0.29) is 18.9 Å². The van der Waals surface area contributed by atoms with Crippen molar-refractivity contribution in [2.24, 2.45) is 0 Å². The molecule has 0 radical (unpaired) electrons. The molecule has 0 aliphatic carbocycles. The zero-order valence-electron chi connectivity index (χ0n) is 9.75. The summed E-state index contributed by atoms with van der Waals surface area (Å²) in [5, 5.41) is 15.0. The molecule has 94 valence electrons. The van der Waals surface area contributed by atoms with Gasteiger partial charge in [0.1, 0.15) is 5.56 Å². The zero-order chi connectivity index (χ0) is 13.1. The smallest absolute Gasteiger partial charge is 0.305 e. The summed E-state index contributed by atoms with van der Waals surface area (Å²) in [5.74, 6) is -1.33. The molecule has 1 amide bonds. The quantitative estimate of drug-likeness (QED) is 0.808. The lowest BCUT2D eigenvalue weighted by Gasteiger charge is -2.01. The topological polar surface area (TPSA) is 96.6 Å². The van der Waals surface area contributed by atoms with Gasteiger partial charge in [0.15, 0.2) is 5.65 Å². The van der Waals surface area contributed by atoms with E-state index in [2.05, 4.69) is 15.4 Å². The first-order valence-corrected chi connectivity index (χ1v) is 5.39. The van der Waals surface area contributed by atoms with E-state index >= 15 is 0 Å². The number of aliphatic carboxylic acids is 1. The minimum atomic E-state index is -0.955. The third-order valence-corrected chi connectivity index (χ3v) is 2.38. The molecule has 2 N–H and O–H groups in total. The van der Waals surface area contributed by atoms with Crippen LogP contribution in [-0.4, -0.2) is 38.1 Å². The fraction of sp³-hybridized carbons (Fsp3) is 0.273. The van der Waals surface area contributed by atoms with Gasteiger partial charge in [0.2, 0.25) is 0 Å². The summed E-state index contributed by atoms with van der Waals surface area (Å²) in [4.78, 5) is 26.4. The van der Waals surface area contributed by atoms with Crippen molar-refractivity contribution in [3.63, 3.8) is 0 Å². The van der Waals surface area contributed by atoms with Crippen LogP contribution >= 0.6 is 0 Å². The Morgan fingerprint density at radius 1 is 1.50 bits per heavy atom. The molecule has 2 aromatic rings. The number of fused-ring (bicyclic) bond motifs is 1. The van der Waals surface area contributed by atoms with Gasteiger partial charge in [-0.2, -0.15) is 5.10 Å². The molecule has 7 heteroatoms. The van der Waals surface area contributed by atoms with Crippen LogP contribution in [0.15, 0.2) is 18.5 Å². The number of aryl methyl sites for hydroxylation is 1. The lowest BCUT2D eigenvalue weighted by Crippen LogP contribution is -2.26. The highest BCUT2D eigenvalue weighted by atomic mass is 16.4. The Balaban J connectivity index is 2.17. The Hall–Kier alpha value is -2.44. The van der Waals surface area contributed by atoms with Crippen LogP contribution < -0.4 is 5.32 Å². The van der Waals surface area contributed by atoms with Crippen molar-refractivity contribution in [3.8, 4) is 0 Å². The van der Waals surface area contributed by atoms with Gasteiger partial charge in [0.05, 0.1) is 12.6 Å². The molecule has 0 spiro atoms. The highest BCUT2D eigenvalue weighted by Crippen LogP contribution is 2.08. The molecule has 0 aliphatic heterocycles. The summed E-state index contributed by atoms with van der Waals surface area (Å²) in [5.41, 5.74) is 1.58. The van der Waals surface area contributed by atoms with E-state index in [9.17, 15) is 9.59 Å². The Bertz CT molecular complexity index is 605. The van der Waals surface area contributed by atoms with E-state index in [0.717, 1.165) is 5.69 Å². The summed E-state index contributed by atoms with van der Waals surface area (Å²) in [6.07, 6.45) is 3.01. The van der Waals surface area contributed by atoms with Crippen molar-refractivity contribution < 1.29 is 14.7 Å². The van der Waals surface area contributed by atoms with Crippen molar-refractivity contribution >= 4 is 17.5 Å². The van der Waals surface area contributed by atoms with Crippen LogP contribution in [0, 0.1) is 6.92 Å². The predicted molar refractivity (Wildman–Crippen MR) is 62.3 cm³/mol. The zero-order valence-corrected chi connectivity index (χ0v) is 9.75. The van der Waals surface area contributed by atoms with E-state index in [4.69, 9.17) is 5.11 Å². The average Bonchev–Trinajstić information content (AvgIpc) is 2.71. The molecule has 7 nitrogen and oxygen atoms in total. The number of hydrogen-bond donors (Lipinski definition) is 2. The summed E-state index contributed by atoms with van der Waals surface area (Å²) in [7, 11) is 0. The van der Waals surface area contributed by atoms with E-state index in [0.29, 0.717) is 11.2 Å². The predicted octanol–water partition coefficient (Wildman–Crippen LogP) is 0.242. The average molecular weight is 248 g/mol. The maximum atomic E-state index is 11.8. The van der Waals surface area contributed by atoms with E-state index in [1.807, 2.05) is 6.92 Å². The fourth-order valence-corrected chi connectivity index (χ4v) is 1.50. The van der Waals surface area contributed by atoms with Gasteiger partial charge in [-0.05, 0) is 13.0 Å². The summed E-state index contributed by atoms with van der Waals surface area (Å²) in [6, 6.07) is 1.78. The molecular formula is C11H12N4O3. The maximum absolute atomic E-state index is 11.8. The largest absolute Gasteiger partial charge is 0.481 e. The van der Waals surface area contributed by atoms with E-state index in [1.165, 1.54) is 10.7 Å². The molecule has 0 saturated heterocycles. The van der Waals surface area contributed by atoms with Gasteiger partial charge < -0.3 is 10.4 Å². The van der Waals surface area contributed by atoms with Crippen molar-refractivity contribution in [1.82, 2.24) is 19.9 Å². The highest BCUT2D eigenvalue weighted by molar-refractivity contribution is 5.99. The molecule has 0 atom stereocenters. The van der Waals surface area contributed by atoms with Crippen LogP contribution in [0.4, 0.5) is 0 Å². The van der Waals surface area contributed by atoms with Crippen LogP contribution in [0.25, 0.3) is 5.65 Å². The number of amides is 1. The van der Waals surface area contributed by atoms with Crippen LogP contribution in [0.3, 0.4) is 0 Å². The minimum absolute atomic E-state index is 0.0807. The second-order valence-electron chi connectivity index (χ2n) is 3.79. The minimum Gasteiger partial charge on any atom is -0.481 e. The molecule has 0 aromatic carbocycles. The summed E-state index contributed by atoms with van der Waals surface area (Å²) >= 11 is 0. The van der Waals surface area contributed by atoms with Crippen LogP contribution in [0.1, 0.15) is 22.5 Å². The van der Waals surface area contributed by atoms with Gasteiger partial charge in [-0.1, -0.05) is 0 Å². The Morgan fingerprint density at radius 3 is 3.00 bits per heavy atom. The lowest BCUT2D eigenvalue weighted by molar-refractivity contribution is -0.136. The van der Waals surface area contributed by atoms with Crippen molar-refractivity contribution in [2.75, 3.05) is 6.54 Å². The number of aromatic nitrogens is 3. The number of carboxylic acid groups (broad SMARTS) is 1. The van der Waals surface area contributed by atoms with Gasteiger partial charge in [-0.3, -0.25) is 9.59 Å². The van der Waals surface area contributed by atoms with Crippen molar-refractivity contribution in [3.05, 3.63) is 29.7 Å². The first-order chi connectivity index (χ1) is 8.58.